The Morgan fingerprint density at radius 3 is 1.50 bits per heavy atom. The van der Waals surface area contributed by atoms with Crippen molar-refractivity contribution in [3.63, 3.8) is 0 Å². The highest BCUT2D eigenvalue weighted by molar-refractivity contribution is 5.80. The van der Waals surface area contributed by atoms with Gasteiger partial charge in [-0.2, -0.15) is 39.5 Å². The molecule has 0 aliphatic rings. The van der Waals surface area contributed by atoms with Gasteiger partial charge in [-0.05, 0) is 24.3 Å². The zero-order valence-corrected chi connectivity index (χ0v) is 18.4. The second kappa shape index (κ2) is 8.98. The summed E-state index contributed by atoms with van der Waals surface area (Å²) in [5.41, 5.74) is -6.42. The van der Waals surface area contributed by atoms with Crippen molar-refractivity contribution in [1.29, 1.82) is 0 Å². The van der Waals surface area contributed by atoms with Crippen molar-refractivity contribution in [2.45, 2.75) is 18.5 Å². The monoisotopic (exact) mass is 556 g/mol. The average molecular weight is 556 g/mol. The van der Waals surface area contributed by atoms with Crippen molar-refractivity contribution in [1.82, 2.24) is 19.5 Å². The number of fused-ring (bicyclic) bond motifs is 1. The maximum absolute atomic E-state index is 14.6. The molecule has 2 N–H and O–H groups in total. The number of hydrogen-bond acceptors (Lipinski definition) is 5. The van der Waals surface area contributed by atoms with E-state index in [0.717, 1.165) is 31.3 Å². The van der Waals surface area contributed by atoms with Gasteiger partial charge in [0.2, 0.25) is 5.82 Å². The van der Waals surface area contributed by atoms with Gasteiger partial charge in [0, 0.05) is 7.05 Å². The molecule has 0 saturated heterocycles. The van der Waals surface area contributed by atoms with Crippen LogP contribution < -0.4 is 10.6 Å². The first-order valence-electron chi connectivity index (χ1n) is 10.1. The molecule has 0 bridgehead atoms. The van der Waals surface area contributed by atoms with E-state index in [-0.39, 0.29) is 0 Å². The lowest BCUT2D eigenvalue weighted by atomic mass is 10.1. The highest BCUT2D eigenvalue weighted by Gasteiger charge is 2.39. The van der Waals surface area contributed by atoms with E-state index >= 15 is 0 Å². The molecule has 4 aromatic rings. The summed E-state index contributed by atoms with van der Waals surface area (Å²) in [5.74, 6) is -6.65. The fourth-order valence-electron chi connectivity index (χ4n) is 3.37. The predicted octanol–water partition coefficient (Wildman–Crippen LogP) is 7.19. The molecule has 0 unspecified atom stereocenters. The number of nitrogens with zero attached hydrogens (tertiary/aromatic N) is 4. The molecule has 38 heavy (non-hydrogen) atoms. The molecule has 2 heterocycles. The molecule has 4 rings (SSSR count). The number of nitrogens with one attached hydrogen (secondary N) is 2. The second-order valence-electron chi connectivity index (χ2n) is 7.64. The van der Waals surface area contributed by atoms with Crippen LogP contribution in [0.3, 0.4) is 0 Å². The predicted molar refractivity (Wildman–Crippen MR) is 111 cm³/mol. The number of anilines is 4. The third-order valence-electron chi connectivity index (χ3n) is 5.07. The van der Waals surface area contributed by atoms with E-state index < -0.39 is 81.4 Å². The molecule has 0 aliphatic heterocycles. The summed E-state index contributed by atoms with van der Waals surface area (Å²) in [5, 5.41) is 4.24. The van der Waals surface area contributed by atoms with Crippen LogP contribution >= 0.6 is 0 Å². The number of aryl methyl sites for hydroxylation is 1. The van der Waals surface area contributed by atoms with Crippen molar-refractivity contribution in [3.8, 4) is 0 Å². The molecular weight excluding hydrogens is 545 g/mol. The molecule has 0 aliphatic carbocycles. The molecule has 0 fully saturated rings. The first-order chi connectivity index (χ1) is 17.5. The largest absolute Gasteiger partial charge is 0.449 e. The Morgan fingerprint density at radius 1 is 0.632 bits per heavy atom. The molecule has 2 aromatic carbocycles. The van der Waals surface area contributed by atoms with Crippen LogP contribution in [-0.4, -0.2) is 19.5 Å². The minimum absolute atomic E-state index is 0.418. The molecule has 0 radical (unpaired) electrons. The Labute approximate surface area is 204 Å². The molecular formula is C21H11F11N6. The number of halogens is 11. The fourth-order valence-corrected chi connectivity index (χ4v) is 3.37. The van der Waals surface area contributed by atoms with E-state index in [4.69, 9.17) is 0 Å². The number of rotatable bonds is 4. The summed E-state index contributed by atoms with van der Waals surface area (Å²) < 4.78 is 148. The fraction of sp³-hybridized carbons (Fsp3) is 0.190. The van der Waals surface area contributed by atoms with Gasteiger partial charge in [-0.3, -0.25) is 0 Å². The quantitative estimate of drug-likeness (QED) is 0.261. The Morgan fingerprint density at radius 2 is 1.08 bits per heavy atom. The van der Waals surface area contributed by atoms with Crippen LogP contribution in [0.25, 0.3) is 11.3 Å². The van der Waals surface area contributed by atoms with E-state index in [1.54, 1.807) is 0 Å². The van der Waals surface area contributed by atoms with Gasteiger partial charge < -0.3 is 15.2 Å². The normalized spacial score (nSPS) is 12.7. The summed E-state index contributed by atoms with van der Waals surface area (Å²) in [6.07, 6.45) is -15.2. The Kier molecular flexibility index (Phi) is 6.35. The number of alkyl halides is 9. The minimum Gasteiger partial charge on any atom is -0.335 e. The number of hydrogen-bond donors (Lipinski definition) is 2. The number of imidazole rings is 1. The van der Waals surface area contributed by atoms with Crippen LogP contribution in [0, 0.1) is 11.6 Å². The van der Waals surface area contributed by atoms with Crippen molar-refractivity contribution in [2.75, 3.05) is 10.6 Å². The molecule has 0 saturated carbocycles. The first kappa shape index (κ1) is 26.9. The van der Waals surface area contributed by atoms with Crippen LogP contribution in [0.1, 0.15) is 17.0 Å². The second-order valence-corrected chi connectivity index (χ2v) is 7.64. The van der Waals surface area contributed by atoms with Gasteiger partial charge in [-0.25, -0.2) is 23.7 Å². The lowest BCUT2D eigenvalue weighted by molar-refractivity contribution is -0.146. The molecule has 17 heteroatoms. The Hall–Kier alpha value is -4.18. The third kappa shape index (κ3) is 4.99. The summed E-state index contributed by atoms with van der Waals surface area (Å²) in [4.78, 5) is 10.8. The summed E-state index contributed by atoms with van der Waals surface area (Å²) in [6.45, 7) is 0. The standard InChI is InChI=1S/C21H11F11N6/c1-38-17-16(37-18(38)21(30,31)32)35-14(33-10-6-2-4-8(12(10)22)19(24,25)26)15(36-17)34-11-7-3-5-9(13(11)23)20(27,28)29/h2-7H,1H3,(H,33,35)(H,34,36). The van der Waals surface area contributed by atoms with E-state index in [0.29, 0.717) is 16.7 Å². The highest BCUT2D eigenvalue weighted by Crippen LogP contribution is 2.38. The van der Waals surface area contributed by atoms with Gasteiger partial charge >= 0.3 is 18.5 Å². The molecule has 2 aromatic heterocycles. The van der Waals surface area contributed by atoms with Crippen molar-refractivity contribution in [2.24, 2.45) is 7.05 Å². The first-order valence-corrected chi connectivity index (χ1v) is 10.1. The summed E-state index contributed by atoms with van der Waals surface area (Å²) in [6, 6.07) is 4.11. The van der Waals surface area contributed by atoms with Crippen molar-refractivity contribution in [3.05, 3.63) is 65.0 Å². The van der Waals surface area contributed by atoms with Gasteiger partial charge in [0.1, 0.15) is 0 Å². The van der Waals surface area contributed by atoms with E-state index in [2.05, 4.69) is 25.6 Å². The zero-order chi connectivity index (χ0) is 28.2. The minimum atomic E-state index is -5.12. The smallest absolute Gasteiger partial charge is 0.335 e. The van der Waals surface area contributed by atoms with Gasteiger partial charge in [0.15, 0.2) is 34.6 Å². The Bertz CT molecular complexity index is 1520. The van der Waals surface area contributed by atoms with Crippen LogP contribution in [0.5, 0.6) is 0 Å². The van der Waals surface area contributed by atoms with Gasteiger partial charge in [-0.1, -0.05) is 12.1 Å². The molecule has 6 nitrogen and oxygen atoms in total. The maximum atomic E-state index is 14.6. The van der Waals surface area contributed by atoms with E-state index in [1.165, 1.54) is 0 Å². The van der Waals surface area contributed by atoms with Crippen molar-refractivity contribution >= 4 is 34.3 Å². The molecule has 0 spiro atoms. The van der Waals surface area contributed by atoms with Gasteiger partial charge in [-0.15, -0.1) is 0 Å². The van der Waals surface area contributed by atoms with Gasteiger partial charge in [0.25, 0.3) is 0 Å². The van der Waals surface area contributed by atoms with Gasteiger partial charge in [0.05, 0.1) is 22.5 Å². The molecule has 202 valence electrons. The van der Waals surface area contributed by atoms with Crippen LogP contribution in [0.2, 0.25) is 0 Å². The third-order valence-corrected chi connectivity index (χ3v) is 5.07. The summed E-state index contributed by atoms with van der Waals surface area (Å²) >= 11 is 0. The number of benzene rings is 2. The SMILES string of the molecule is Cn1c(C(F)(F)F)nc2nc(Nc3cccc(C(F)(F)F)c3F)c(Nc3cccc(C(F)(F)F)c3F)nc21. The zero-order valence-electron chi connectivity index (χ0n) is 18.4. The van der Waals surface area contributed by atoms with Crippen molar-refractivity contribution < 1.29 is 48.3 Å². The van der Waals surface area contributed by atoms with Crippen LogP contribution in [0.4, 0.5) is 71.3 Å². The molecule has 0 atom stereocenters. The van der Waals surface area contributed by atoms with Crippen LogP contribution in [-0.2, 0) is 25.6 Å². The summed E-state index contributed by atoms with van der Waals surface area (Å²) in [7, 11) is 0.890. The lowest BCUT2D eigenvalue weighted by Crippen LogP contribution is -2.13. The average Bonchev–Trinajstić information content (AvgIpc) is 3.11. The number of aromatic nitrogens is 4. The topological polar surface area (TPSA) is 67.7 Å². The van der Waals surface area contributed by atoms with E-state index in [9.17, 15) is 48.3 Å². The lowest BCUT2D eigenvalue weighted by Gasteiger charge is -2.16. The molecule has 0 amide bonds. The van der Waals surface area contributed by atoms with Crippen LogP contribution in [0.15, 0.2) is 36.4 Å². The maximum Gasteiger partial charge on any atom is 0.449 e. The highest BCUT2D eigenvalue weighted by atomic mass is 19.4. The Balaban J connectivity index is 1.90. The van der Waals surface area contributed by atoms with E-state index in [1.807, 2.05) is 0 Å².